The lowest BCUT2D eigenvalue weighted by Gasteiger charge is -2.27. The standard InChI is InChI=1S/C33H39N5O5.C2HF3O2/c1-5-38(23(2)3)17-16-29(25-11-7-6-8-12-25)43-33(40)35-20-24-10-9-13-26(18-24)36-32(39)37-27-14-15-28(30(19-27)41-4)31-21-34-22-42-31;3-2(4,5)1(6)7/h6-15,18-19,21-23,29H,5,16-17,20H2,1-4H3,(H,35,40)(H2,36,37,39);(H,6,7). The molecule has 0 radical (unpaired) electrons. The van der Waals surface area contributed by atoms with E-state index in [4.69, 9.17) is 23.8 Å². The average Bonchev–Trinajstić information content (AvgIpc) is 3.62. The van der Waals surface area contributed by atoms with Crippen LogP contribution >= 0.6 is 0 Å². The van der Waals surface area contributed by atoms with Crippen LogP contribution in [0.3, 0.4) is 0 Å². The number of carbonyl (C=O) groups is 3. The van der Waals surface area contributed by atoms with Crippen LogP contribution in [-0.4, -0.2) is 65.5 Å². The first kappa shape index (κ1) is 38.9. The second kappa shape index (κ2) is 18.8. The molecule has 3 amide bonds. The number of alkyl halides is 3. The fraction of sp³-hybridized carbons (Fsp3) is 0.314. The number of aromatic nitrogens is 1. The summed E-state index contributed by atoms with van der Waals surface area (Å²) < 4.78 is 48.4. The van der Waals surface area contributed by atoms with E-state index < -0.39 is 24.3 Å². The summed E-state index contributed by atoms with van der Waals surface area (Å²) >= 11 is 0. The molecule has 4 N–H and O–H groups in total. The van der Waals surface area contributed by atoms with Crippen molar-refractivity contribution < 1.29 is 46.6 Å². The van der Waals surface area contributed by atoms with Gasteiger partial charge in [-0.05, 0) is 55.8 Å². The third kappa shape index (κ3) is 12.5. The van der Waals surface area contributed by atoms with Gasteiger partial charge in [0.05, 0.1) is 18.9 Å². The summed E-state index contributed by atoms with van der Waals surface area (Å²) in [5.41, 5.74) is 3.60. The normalized spacial score (nSPS) is 11.6. The quantitative estimate of drug-likeness (QED) is 0.110. The first-order chi connectivity index (χ1) is 23.8. The molecule has 0 spiro atoms. The Kier molecular flexibility index (Phi) is 14.6. The van der Waals surface area contributed by atoms with E-state index in [0.29, 0.717) is 35.3 Å². The highest BCUT2D eigenvalue weighted by Gasteiger charge is 2.38. The highest BCUT2D eigenvalue weighted by molar-refractivity contribution is 6.00. The van der Waals surface area contributed by atoms with Crippen molar-refractivity contribution in [1.29, 1.82) is 0 Å². The van der Waals surface area contributed by atoms with Gasteiger partial charge in [-0.2, -0.15) is 13.2 Å². The summed E-state index contributed by atoms with van der Waals surface area (Å²) in [6, 6.07) is 22.3. The van der Waals surface area contributed by atoms with E-state index in [2.05, 4.69) is 46.6 Å². The molecule has 0 fully saturated rings. The summed E-state index contributed by atoms with van der Waals surface area (Å²) in [5, 5.41) is 15.6. The Morgan fingerprint density at radius 1 is 0.980 bits per heavy atom. The maximum absolute atomic E-state index is 12.8. The Morgan fingerprint density at radius 3 is 2.24 bits per heavy atom. The maximum atomic E-state index is 12.8. The first-order valence-corrected chi connectivity index (χ1v) is 15.6. The Bertz CT molecular complexity index is 1670. The number of anilines is 2. The van der Waals surface area contributed by atoms with Gasteiger partial charge in [0.2, 0.25) is 0 Å². The van der Waals surface area contributed by atoms with Crippen LogP contribution in [-0.2, 0) is 16.1 Å². The SMILES string of the molecule is CCN(CCC(OC(=O)NCc1cccc(NC(=O)Nc2ccc(-c3cnco3)c(OC)c2)c1)c1ccccc1)C(C)C.O=C(O)C(F)(F)F. The molecule has 1 atom stereocenters. The number of amides is 3. The third-order valence-electron chi connectivity index (χ3n) is 7.26. The van der Waals surface area contributed by atoms with E-state index in [1.807, 2.05) is 42.5 Å². The number of carbonyl (C=O) groups excluding carboxylic acids is 2. The lowest BCUT2D eigenvalue weighted by atomic mass is 10.1. The smallest absolute Gasteiger partial charge is 0.490 e. The van der Waals surface area contributed by atoms with Gasteiger partial charge in [-0.1, -0.05) is 49.4 Å². The van der Waals surface area contributed by atoms with E-state index in [9.17, 15) is 22.8 Å². The number of methoxy groups -OCH3 is 1. The number of urea groups is 1. The second-order valence-corrected chi connectivity index (χ2v) is 11.0. The van der Waals surface area contributed by atoms with Crippen molar-refractivity contribution in [3.05, 3.63) is 96.5 Å². The number of aliphatic carboxylic acids is 1. The van der Waals surface area contributed by atoms with Crippen LogP contribution in [0.5, 0.6) is 5.75 Å². The second-order valence-electron chi connectivity index (χ2n) is 11.0. The molecule has 1 aromatic heterocycles. The highest BCUT2D eigenvalue weighted by atomic mass is 19.4. The summed E-state index contributed by atoms with van der Waals surface area (Å²) in [7, 11) is 1.54. The minimum absolute atomic E-state index is 0.241. The lowest BCUT2D eigenvalue weighted by Crippen LogP contribution is -2.33. The number of nitrogens with one attached hydrogen (secondary N) is 3. The van der Waals surface area contributed by atoms with E-state index in [1.165, 1.54) is 6.39 Å². The number of rotatable bonds is 13. The number of alkyl carbamates (subject to hydrolysis) is 1. The molecule has 4 aromatic rings. The predicted molar refractivity (Wildman–Crippen MR) is 181 cm³/mol. The fourth-order valence-electron chi connectivity index (χ4n) is 4.74. The lowest BCUT2D eigenvalue weighted by molar-refractivity contribution is -0.192. The molecule has 15 heteroatoms. The number of nitrogens with zero attached hydrogens (tertiary/aromatic N) is 2. The van der Waals surface area contributed by atoms with Crippen LogP contribution in [0.1, 0.15) is 44.4 Å². The highest BCUT2D eigenvalue weighted by Crippen LogP contribution is 2.32. The number of oxazole rings is 1. The number of hydrogen-bond acceptors (Lipinski definition) is 8. The first-order valence-electron chi connectivity index (χ1n) is 15.6. The van der Waals surface area contributed by atoms with Crippen LogP contribution in [0.15, 0.2) is 89.8 Å². The Labute approximate surface area is 287 Å². The number of hydrogen-bond donors (Lipinski definition) is 4. The molecule has 0 bridgehead atoms. The molecular formula is C35H40F3N5O7. The van der Waals surface area contributed by atoms with E-state index >= 15 is 0 Å². The van der Waals surface area contributed by atoms with Crippen molar-refractivity contribution in [2.45, 2.75) is 52.1 Å². The van der Waals surface area contributed by atoms with Crippen molar-refractivity contribution in [2.24, 2.45) is 0 Å². The van der Waals surface area contributed by atoms with Crippen molar-refractivity contribution in [3.63, 3.8) is 0 Å². The monoisotopic (exact) mass is 699 g/mol. The van der Waals surface area contributed by atoms with Crippen molar-refractivity contribution in [2.75, 3.05) is 30.8 Å². The zero-order valence-electron chi connectivity index (χ0n) is 28.0. The van der Waals surface area contributed by atoms with E-state index in [-0.39, 0.29) is 12.6 Å². The Hall–Kier alpha value is -5.57. The fourth-order valence-corrected chi connectivity index (χ4v) is 4.74. The van der Waals surface area contributed by atoms with Crippen molar-refractivity contribution >= 4 is 29.5 Å². The molecule has 1 heterocycles. The maximum Gasteiger partial charge on any atom is 0.490 e. The van der Waals surface area contributed by atoms with Crippen LogP contribution in [0.4, 0.5) is 34.1 Å². The summed E-state index contributed by atoms with van der Waals surface area (Å²) in [6.45, 7) is 8.44. The van der Waals surface area contributed by atoms with Crippen molar-refractivity contribution in [1.82, 2.24) is 15.2 Å². The van der Waals surface area contributed by atoms with Crippen LogP contribution < -0.4 is 20.7 Å². The van der Waals surface area contributed by atoms with Gasteiger partial charge in [-0.15, -0.1) is 0 Å². The zero-order valence-corrected chi connectivity index (χ0v) is 28.0. The molecule has 0 saturated carbocycles. The number of benzene rings is 3. The van der Waals surface area contributed by atoms with E-state index in [1.54, 1.807) is 43.6 Å². The predicted octanol–water partition coefficient (Wildman–Crippen LogP) is 7.72. The molecule has 0 saturated heterocycles. The van der Waals surface area contributed by atoms with Gasteiger partial charge in [0.1, 0.15) is 11.9 Å². The molecule has 0 aliphatic heterocycles. The number of ether oxygens (including phenoxy) is 2. The molecular weight excluding hydrogens is 659 g/mol. The van der Waals surface area contributed by atoms with Gasteiger partial charge in [-0.3, -0.25) is 0 Å². The molecule has 12 nitrogen and oxygen atoms in total. The zero-order chi connectivity index (χ0) is 36.7. The van der Waals surface area contributed by atoms with E-state index in [0.717, 1.165) is 29.8 Å². The molecule has 3 aromatic carbocycles. The van der Waals surface area contributed by atoms with Crippen LogP contribution in [0.25, 0.3) is 11.3 Å². The van der Waals surface area contributed by atoms with Gasteiger partial charge < -0.3 is 39.8 Å². The van der Waals surface area contributed by atoms with Gasteiger partial charge in [-0.25, -0.2) is 19.4 Å². The van der Waals surface area contributed by atoms with Crippen LogP contribution in [0, 0.1) is 0 Å². The number of halogens is 3. The minimum Gasteiger partial charge on any atom is -0.496 e. The largest absolute Gasteiger partial charge is 0.496 e. The number of carboxylic acid groups (broad SMARTS) is 1. The molecule has 1 unspecified atom stereocenters. The molecule has 4 rings (SSSR count). The third-order valence-corrected chi connectivity index (χ3v) is 7.26. The Morgan fingerprint density at radius 2 is 1.66 bits per heavy atom. The Balaban J connectivity index is 0.000000872. The van der Waals surface area contributed by atoms with Crippen molar-refractivity contribution in [3.8, 4) is 17.1 Å². The summed E-state index contributed by atoms with van der Waals surface area (Å²) in [4.78, 5) is 40.7. The minimum atomic E-state index is -5.08. The molecule has 0 aliphatic carbocycles. The summed E-state index contributed by atoms with van der Waals surface area (Å²) in [5.74, 6) is -1.66. The summed E-state index contributed by atoms with van der Waals surface area (Å²) in [6.07, 6.45) is -2.33. The molecule has 0 aliphatic rings. The molecule has 268 valence electrons. The van der Waals surface area contributed by atoms with Gasteiger partial charge in [0.25, 0.3) is 0 Å². The van der Waals surface area contributed by atoms with Gasteiger partial charge in [0, 0.05) is 43.0 Å². The molecule has 50 heavy (non-hydrogen) atoms. The topological polar surface area (TPSA) is 155 Å². The average molecular weight is 700 g/mol. The number of carboxylic acids is 1. The van der Waals surface area contributed by atoms with Crippen LogP contribution in [0.2, 0.25) is 0 Å². The van der Waals surface area contributed by atoms with Gasteiger partial charge >= 0.3 is 24.3 Å². The van der Waals surface area contributed by atoms with Gasteiger partial charge in [0.15, 0.2) is 12.2 Å².